The molecule has 0 amide bonds. The van der Waals surface area contributed by atoms with E-state index in [1.807, 2.05) is 0 Å². The van der Waals surface area contributed by atoms with Crippen LogP contribution in [0.1, 0.15) is 26.7 Å². The van der Waals surface area contributed by atoms with E-state index in [4.69, 9.17) is 5.41 Å². The van der Waals surface area contributed by atoms with E-state index in [1.54, 1.807) is 58.2 Å². The molecular weight excluding hydrogens is 452 g/mol. The SMILES string of the molecule is C[C@@H](CC(C/C=C/C(C)(F)I)=NC=N)C(F)I. The Morgan fingerprint density at radius 1 is 1.59 bits per heavy atom. The number of halogens is 4. The molecule has 2 nitrogen and oxygen atoms in total. The molecule has 0 bridgehead atoms. The first-order chi connectivity index (χ1) is 7.76. The second kappa shape index (κ2) is 8.49. The van der Waals surface area contributed by atoms with Gasteiger partial charge in [-0.3, -0.25) is 5.41 Å². The lowest BCUT2D eigenvalue weighted by molar-refractivity contribution is 0.368. The molecule has 0 aromatic rings. The Labute approximate surface area is 128 Å². The van der Waals surface area contributed by atoms with E-state index in [2.05, 4.69) is 4.99 Å². The topological polar surface area (TPSA) is 36.2 Å². The van der Waals surface area contributed by atoms with Gasteiger partial charge in [0, 0.05) is 18.1 Å². The van der Waals surface area contributed by atoms with Crippen molar-refractivity contribution in [3.63, 3.8) is 0 Å². The highest BCUT2D eigenvalue weighted by molar-refractivity contribution is 14.1. The van der Waals surface area contributed by atoms with Gasteiger partial charge in [0.2, 0.25) is 0 Å². The first-order valence-corrected chi connectivity index (χ1v) is 7.47. The van der Waals surface area contributed by atoms with E-state index in [1.165, 1.54) is 13.0 Å². The maximum Gasteiger partial charge on any atom is 0.176 e. The minimum absolute atomic E-state index is 0.154. The fourth-order valence-electron chi connectivity index (χ4n) is 1.14. The summed E-state index contributed by atoms with van der Waals surface area (Å²) in [5.74, 6) is -0.154. The lowest BCUT2D eigenvalue weighted by atomic mass is 10.0. The van der Waals surface area contributed by atoms with Crippen LogP contribution in [0.3, 0.4) is 0 Å². The molecule has 0 spiro atoms. The van der Waals surface area contributed by atoms with E-state index < -0.39 is 7.85 Å². The second-order valence-corrected chi connectivity index (χ2v) is 7.20. The summed E-state index contributed by atoms with van der Waals surface area (Å²) >= 11 is 3.40. The zero-order chi connectivity index (χ0) is 13.5. The van der Waals surface area contributed by atoms with Gasteiger partial charge >= 0.3 is 0 Å². The molecule has 17 heavy (non-hydrogen) atoms. The summed E-state index contributed by atoms with van der Waals surface area (Å²) in [5, 5.41) is 6.94. The average molecular weight is 468 g/mol. The Kier molecular flexibility index (Phi) is 8.69. The molecule has 98 valence electrons. The molecule has 0 rings (SSSR count). The molecule has 0 aromatic heterocycles. The summed E-state index contributed by atoms with van der Waals surface area (Å²) in [7, 11) is 0. The molecule has 0 fully saturated rings. The first-order valence-electron chi connectivity index (χ1n) is 5.14. The van der Waals surface area contributed by atoms with Crippen molar-refractivity contribution in [2.45, 2.75) is 34.5 Å². The van der Waals surface area contributed by atoms with Crippen LogP contribution >= 0.6 is 45.2 Å². The molecule has 0 aliphatic rings. The Morgan fingerprint density at radius 2 is 2.18 bits per heavy atom. The number of nitrogens with zero attached hydrogens (tertiary/aromatic N) is 1. The van der Waals surface area contributed by atoms with Gasteiger partial charge in [0.05, 0.1) is 0 Å². The summed E-state index contributed by atoms with van der Waals surface area (Å²) in [6, 6.07) is 0. The summed E-state index contributed by atoms with van der Waals surface area (Å²) < 4.78 is 23.8. The monoisotopic (exact) mass is 468 g/mol. The number of alkyl halides is 4. The Balaban J connectivity index is 4.42. The standard InChI is InChI=1S/C11H16F2I2N2/c1-8(10(12)14)6-9(17-7-16)4-3-5-11(2,13)15/h3,5,7-8,10,16H,4,6H2,1-2H3/b5-3+,16-7?,17-9?/t8-,10?,11?/m0/s1. The number of hydrogen-bond acceptors (Lipinski definition) is 1. The van der Waals surface area contributed by atoms with Gasteiger partial charge in [-0.25, -0.2) is 13.8 Å². The largest absolute Gasteiger partial charge is 0.290 e. The van der Waals surface area contributed by atoms with Gasteiger partial charge in [0.15, 0.2) is 7.85 Å². The summed E-state index contributed by atoms with van der Waals surface area (Å²) in [4.78, 5) is 3.88. The van der Waals surface area contributed by atoms with E-state index in [-0.39, 0.29) is 5.92 Å². The van der Waals surface area contributed by atoms with Crippen LogP contribution in [0.25, 0.3) is 0 Å². The van der Waals surface area contributed by atoms with Crippen LogP contribution in [0.15, 0.2) is 17.1 Å². The number of allylic oxidation sites excluding steroid dienone is 2. The zero-order valence-corrected chi connectivity index (χ0v) is 14.1. The van der Waals surface area contributed by atoms with Crippen LogP contribution in [0, 0.1) is 11.3 Å². The number of rotatable bonds is 7. The minimum atomic E-state index is -1.38. The molecule has 0 radical (unpaired) electrons. The van der Waals surface area contributed by atoms with Gasteiger partial charge in [-0.2, -0.15) is 0 Å². The zero-order valence-electron chi connectivity index (χ0n) is 9.76. The van der Waals surface area contributed by atoms with Crippen LogP contribution in [-0.2, 0) is 0 Å². The van der Waals surface area contributed by atoms with Crippen molar-refractivity contribution in [2.75, 3.05) is 0 Å². The summed E-state index contributed by atoms with van der Waals surface area (Å²) in [6.07, 6.45) is 4.98. The maximum absolute atomic E-state index is 13.2. The molecule has 6 heteroatoms. The van der Waals surface area contributed by atoms with Gasteiger partial charge < -0.3 is 0 Å². The van der Waals surface area contributed by atoms with Crippen LogP contribution in [0.2, 0.25) is 0 Å². The van der Waals surface area contributed by atoms with Gasteiger partial charge in [0.25, 0.3) is 0 Å². The molecular formula is C11H16F2I2N2. The van der Waals surface area contributed by atoms with Crippen molar-refractivity contribution >= 4 is 57.2 Å². The predicted molar refractivity (Wildman–Crippen MR) is 86.2 cm³/mol. The number of aliphatic imine (C=N–C) groups is 1. The van der Waals surface area contributed by atoms with Gasteiger partial charge in [-0.15, -0.1) is 0 Å². The smallest absolute Gasteiger partial charge is 0.176 e. The Hall–Kier alpha value is 0.400. The van der Waals surface area contributed by atoms with E-state index in [9.17, 15) is 8.78 Å². The molecule has 0 aliphatic heterocycles. The highest BCUT2D eigenvalue weighted by atomic mass is 127. The van der Waals surface area contributed by atoms with Crippen molar-refractivity contribution in [2.24, 2.45) is 10.9 Å². The van der Waals surface area contributed by atoms with Gasteiger partial charge in [0.1, 0.15) is 6.34 Å². The third-order valence-corrected chi connectivity index (χ3v) is 3.59. The van der Waals surface area contributed by atoms with Crippen LogP contribution in [0.4, 0.5) is 8.78 Å². The molecule has 2 unspecified atom stereocenters. The molecule has 0 saturated heterocycles. The summed E-state index contributed by atoms with van der Waals surface area (Å²) in [5.41, 5.74) is 0.698. The lowest BCUT2D eigenvalue weighted by Crippen LogP contribution is -2.12. The molecule has 0 aliphatic carbocycles. The van der Waals surface area contributed by atoms with Crippen LogP contribution < -0.4 is 0 Å². The average Bonchev–Trinajstić information content (AvgIpc) is 2.15. The minimum Gasteiger partial charge on any atom is -0.290 e. The first kappa shape index (κ1) is 17.4. The van der Waals surface area contributed by atoms with Crippen molar-refractivity contribution in [3.05, 3.63) is 12.2 Å². The van der Waals surface area contributed by atoms with Gasteiger partial charge in [-0.1, -0.05) is 13.0 Å². The van der Waals surface area contributed by atoms with E-state index in [0.717, 1.165) is 6.34 Å². The van der Waals surface area contributed by atoms with Crippen molar-refractivity contribution in [1.82, 2.24) is 0 Å². The third kappa shape index (κ3) is 10.0. The highest BCUT2D eigenvalue weighted by Crippen LogP contribution is 2.22. The quantitative estimate of drug-likeness (QED) is 0.182. The van der Waals surface area contributed by atoms with Crippen molar-refractivity contribution in [3.8, 4) is 0 Å². The Bertz CT molecular complexity index is 296. The van der Waals surface area contributed by atoms with Gasteiger partial charge in [-0.05, 0) is 64.6 Å². The Morgan fingerprint density at radius 3 is 2.59 bits per heavy atom. The molecule has 0 saturated carbocycles. The third-order valence-electron chi connectivity index (χ3n) is 2.00. The van der Waals surface area contributed by atoms with E-state index >= 15 is 0 Å². The fourth-order valence-corrected chi connectivity index (χ4v) is 1.65. The predicted octanol–water partition coefficient (Wildman–Crippen LogP) is 4.86. The maximum atomic E-state index is 13.2. The van der Waals surface area contributed by atoms with Crippen molar-refractivity contribution in [1.29, 1.82) is 5.41 Å². The molecule has 3 atom stereocenters. The van der Waals surface area contributed by atoms with Crippen LogP contribution in [0.5, 0.6) is 0 Å². The molecule has 0 aromatic carbocycles. The summed E-state index contributed by atoms with van der Waals surface area (Å²) in [6.45, 7) is 3.24. The second-order valence-electron chi connectivity index (χ2n) is 3.90. The highest BCUT2D eigenvalue weighted by Gasteiger charge is 2.15. The molecule has 1 N–H and O–H groups in total. The van der Waals surface area contributed by atoms with Crippen molar-refractivity contribution < 1.29 is 8.78 Å². The lowest BCUT2D eigenvalue weighted by Gasteiger charge is -2.12. The molecule has 0 heterocycles. The van der Waals surface area contributed by atoms with E-state index in [0.29, 0.717) is 18.6 Å². The number of hydrogen-bond donors (Lipinski definition) is 1. The van der Waals surface area contributed by atoms with Crippen LogP contribution in [-0.4, -0.2) is 19.9 Å². The fraction of sp³-hybridized carbons (Fsp3) is 0.636. The normalized spacial score (nSPS) is 20.0. The number of nitrogens with one attached hydrogen (secondary N) is 1.